The highest BCUT2D eigenvalue weighted by atomic mass is 16.3. The Morgan fingerprint density at radius 1 is 1.03 bits per heavy atom. The van der Waals surface area contributed by atoms with E-state index in [1.54, 1.807) is 18.5 Å². The van der Waals surface area contributed by atoms with Crippen molar-refractivity contribution >= 4 is 45.5 Å². The molecule has 1 aromatic carbocycles. The number of carbonyl (C=O) groups excluding carboxylic acids is 3. The van der Waals surface area contributed by atoms with Gasteiger partial charge in [-0.25, -0.2) is 0 Å². The Balaban J connectivity index is 1.38. The standard InChI is InChI=1S/C28H23N5O4/c34-25(15-4-7-29-8-5-15)20-14-33-10-9-31-23(18-3-1-2-17(20)24(18)33)22-21(27(35)32-28(22)36)19-13-30-12-16-6-11-37-26(16)19/h1-3,6,9-13,15,20,29H,4-5,7-8,14H2,(H,32,35,36). The first-order valence-electron chi connectivity index (χ1n) is 12.4. The van der Waals surface area contributed by atoms with Crippen molar-refractivity contribution in [2.24, 2.45) is 10.9 Å². The topological polar surface area (TPSA) is 117 Å². The van der Waals surface area contributed by atoms with Gasteiger partial charge < -0.3 is 14.6 Å². The third-order valence-electron chi connectivity index (χ3n) is 7.69. The van der Waals surface area contributed by atoms with Crippen LogP contribution in [0, 0.1) is 5.92 Å². The van der Waals surface area contributed by atoms with Crippen LogP contribution >= 0.6 is 0 Å². The fourth-order valence-electron chi connectivity index (χ4n) is 5.97. The van der Waals surface area contributed by atoms with Crippen LogP contribution < -0.4 is 15.5 Å². The molecule has 1 fully saturated rings. The van der Waals surface area contributed by atoms with Crippen LogP contribution in [0.4, 0.5) is 5.69 Å². The van der Waals surface area contributed by atoms with Crippen LogP contribution in [0.2, 0.25) is 0 Å². The Bertz CT molecular complexity index is 1590. The molecule has 6 heterocycles. The lowest BCUT2D eigenvalue weighted by atomic mass is 9.83. The first kappa shape index (κ1) is 21.9. The van der Waals surface area contributed by atoms with Crippen LogP contribution in [0.3, 0.4) is 0 Å². The maximum absolute atomic E-state index is 13.6. The largest absolute Gasteiger partial charge is 0.464 e. The summed E-state index contributed by atoms with van der Waals surface area (Å²) in [5, 5.41) is 6.49. The number of aromatic nitrogens is 1. The average Bonchev–Trinajstić information content (AvgIpc) is 3.59. The zero-order valence-electron chi connectivity index (χ0n) is 19.9. The highest BCUT2D eigenvalue weighted by molar-refractivity contribution is 6.48. The summed E-state index contributed by atoms with van der Waals surface area (Å²) in [6, 6.07) is 7.53. The minimum Gasteiger partial charge on any atom is -0.464 e. The summed E-state index contributed by atoms with van der Waals surface area (Å²) in [6.07, 6.45) is 9.86. The van der Waals surface area contributed by atoms with Crippen LogP contribution in [0.1, 0.15) is 35.4 Å². The molecule has 0 radical (unpaired) electrons. The van der Waals surface area contributed by atoms with Crippen molar-refractivity contribution in [2.75, 3.05) is 24.5 Å². The molecular weight excluding hydrogens is 470 g/mol. The number of benzene rings is 1. The number of fused-ring (bicyclic) bond motifs is 1. The van der Waals surface area contributed by atoms with Crippen molar-refractivity contribution < 1.29 is 18.8 Å². The Kier molecular flexibility index (Phi) is 4.93. The SMILES string of the molecule is O=C1NC(=O)C(c2cncc3ccoc23)=C1C1=NC=CN2CC(C(=O)C3CCNCC3)c3cccc1c32. The summed E-state index contributed by atoms with van der Waals surface area (Å²) in [7, 11) is 0. The molecule has 2 aromatic heterocycles. The Hall–Kier alpha value is -4.37. The van der Waals surface area contributed by atoms with E-state index < -0.39 is 11.8 Å². The maximum atomic E-state index is 13.6. The number of amides is 2. The summed E-state index contributed by atoms with van der Waals surface area (Å²) in [5.74, 6) is -1.00. The van der Waals surface area contributed by atoms with E-state index in [0.717, 1.165) is 42.6 Å². The summed E-state index contributed by atoms with van der Waals surface area (Å²) in [5.41, 5.74) is 4.13. The summed E-state index contributed by atoms with van der Waals surface area (Å²) >= 11 is 0. The molecule has 0 bridgehead atoms. The van der Waals surface area contributed by atoms with Crippen LogP contribution in [0.15, 0.2) is 70.3 Å². The zero-order chi connectivity index (χ0) is 25.1. The van der Waals surface area contributed by atoms with E-state index in [0.29, 0.717) is 29.0 Å². The molecule has 9 nitrogen and oxygen atoms in total. The number of ketones is 1. The smallest absolute Gasteiger partial charge is 0.261 e. The lowest BCUT2D eigenvalue weighted by Gasteiger charge is -2.24. The lowest BCUT2D eigenvalue weighted by molar-refractivity contribution is -0.125. The van der Waals surface area contributed by atoms with Crippen molar-refractivity contribution in [3.8, 4) is 0 Å². The fraction of sp³-hybridized carbons (Fsp3) is 0.250. The van der Waals surface area contributed by atoms with E-state index in [2.05, 4.69) is 20.6 Å². The minimum atomic E-state index is -0.526. The monoisotopic (exact) mass is 493 g/mol. The number of nitrogens with zero attached hydrogens (tertiary/aromatic N) is 3. The third kappa shape index (κ3) is 3.31. The molecule has 2 N–H and O–H groups in total. The highest BCUT2D eigenvalue weighted by Crippen LogP contribution is 2.44. The van der Waals surface area contributed by atoms with Crippen LogP contribution in [-0.4, -0.2) is 47.9 Å². The molecule has 1 unspecified atom stereocenters. The first-order chi connectivity index (χ1) is 18.1. The molecule has 2 amide bonds. The maximum Gasteiger partial charge on any atom is 0.261 e. The molecule has 0 spiro atoms. The van der Waals surface area contributed by atoms with Gasteiger partial charge >= 0.3 is 0 Å². The van der Waals surface area contributed by atoms with E-state index in [9.17, 15) is 14.4 Å². The van der Waals surface area contributed by atoms with Gasteiger partial charge in [0.05, 0.1) is 34.7 Å². The molecular formula is C28H23N5O4. The molecule has 7 rings (SSSR count). The Labute approximate surface area is 211 Å². The van der Waals surface area contributed by atoms with Gasteiger partial charge in [-0.05, 0) is 37.6 Å². The van der Waals surface area contributed by atoms with Crippen LogP contribution in [-0.2, 0) is 14.4 Å². The average molecular weight is 494 g/mol. The number of anilines is 1. The minimum absolute atomic E-state index is 0.0385. The Morgan fingerprint density at radius 2 is 1.86 bits per heavy atom. The second-order valence-electron chi connectivity index (χ2n) is 9.71. The van der Waals surface area contributed by atoms with E-state index >= 15 is 0 Å². The van der Waals surface area contributed by atoms with Crippen molar-refractivity contribution in [1.82, 2.24) is 15.6 Å². The predicted molar refractivity (Wildman–Crippen MR) is 137 cm³/mol. The second kappa shape index (κ2) is 8.35. The number of imide groups is 1. The van der Waals surface area contributed by atoms with Gasteiger partial charge in [0.1, 0.15) is 11.4 Å². The first-order valence-corrected chi connectivity index (χ1v) is 12.4. The molecule has 3 aromatic rings. The van der Waals surface area contributed by atoms with Crippen molar-refractivity contribution in [3.63, 3.8) is 0 Å². The normalized spacial score (nSPS) is 21.4. The predicted octanol–water partition coefficient (Wildman–Crippen LogP) is 2.68. The Morgan fingerprint density at radius 3 is 2.73 bits per heavy atom. The summed E-state index contributed by atoms with van der Waals surface area (Å²) in [6.45, 7) is 2.24. The molecule has 0 saturated carbocycles. The molecule has 37 heavy (non-hydrogen) atoms. The number of hydrogen-bond acceptors (Lipinski definition) is 8. The van der Waals surface area contributed by atoms with E-state index in [1.165, 1.54) is 12.5 Å². The van der Waals surface area contributed by atoms with Gasteiger partial charge in [0.25, 0.3) is 11.8 Å². The van der Waals surface area contributed by atoms with Gasteiger partial charge in [0.15, 0.2) is 0 Å². The van der Waals surface area contributed by atoms with E-state index in [1.807, 2.05) is 29.3 Å². The molecule has 0 aliphatic carbocycles. The van der Waals surface area contributed by atoms with E-state index in [-0.39, 0.29) is 28.8 Å². The number of rotatable bonds is 4. The second-order valence-corrected chi connectivity index (χ2v) is 9.71. The van der Waals surface area contributed by atoms with Gasteiger partial charge in [0, 0.05) is 53.8 Å². The number of Topliss-reactive ketones (excluding diaryl/α,β-unsaturated/α-hetero) is 1. The molecule has 184 valence electrons. The zero-order valence-corrected chi connectivity index (χ0v) is 19.9. The van der Waals surface area contributed by atoms with Crippen molar-refractivity contribution in [2.45, 2.75) is 18.8 Å². The molecule has 9 heteroatoms. The highest BCUT2D eigenvalue weighted by Gasteiger charge is 2.42. The van der Waals surface area contributed by atoms with Gasteiger partial charge in [-0.3, -0.25) is 29.7 Å². The molecule has 1 atom stereocenters. The molecule has 1 saturated heterocycles. The number of para-hydroxylation sites is 1. The number of furan rings is 1. The quantitative estimate of drug-likeness (QED) is 0.537. The van der Waals surface area contributed by atoms with Gasteiger partial charge in [-0.15, -0.1) is 0 Å². The number of nitrogens with one attached hydrogen (secondary N) is 2. The van der Waals surface area contributed by atoms with Crippen molar-refractivity contribution in [3.05, 3.63) is 77.6 Å². The molecule has 4 aliphatic heterocycles. The van der Waals surface area contributed by atoms with Crippen LogP contribution in [0.5, 0.6) is 0 Å². The van der Waals surface area contributed by atoms with Gasteiger partial charge in [-0.2, -0.15) is 0 Å². The lowest BCUT2D eigenvalue weighted by Crippen LogP contribution is -2.35. The van der Waals surface area contributed by atoms with Gasteiger partial charge in [0.2, 0.25) is 0 Å². The number of aliphatic imine (C=N–C) groups is 1. The third-order valence-corrected chi connectivity index (χ3v) is 7.69. The number of piperidine rings is 1. The van der Waals surface area contributed by atoms with Crippen LogP contribution in [0.25, 0.3) is 16.5 Å². The number of pyridine rings is 1. The summed E-state index contributed by atoms with van der Waals surface area (Å²) < 4.78 is 5.65. The summed E-state index contributed by atoms with van der Waals surface area (Å²) in [4.78, 5) is 50.8. The number of carbonyl (C=O) groups is 3. The van der Waals surface area contributed by atoms with E-state index in [4.69, 9.17) is 4.42 Å². The number of hydrogen-bond donors (Lipinski definition) is 2. The van der Waals surface area contributed by atoms with Crippen molar-refractivity contribution in [1.29, 1.82) is 0 Å². The fourth-order valence-corrected chi connectivity index (χ4v) is 5.97. The molecule has 4 aliphatic rings. The van der Waals surface area contributed by atoms with Gasteiger partial charge in [-0.1, -0.05) is 18.2 Å².